The topological polar surface area (TPSA) is 43.4 Å². The summed E-state index contributed by atoms with van der Waals surface area (Å²) in [5.41, 5.74) is 0. The van der Waals surface area contributed by atoms with Crippen molar-refractivity contribution in [3.8, 4) is 0 Å². The normalized spacial score (nSPS) is 26.2. The molecular formula is C6H8O3. The zero-order valence-electron chi connectivity index (χ0n) is 5.00. The summed E-state index contributed by atoms with van der Waals surface area (Å²) in [5, 5.41) is 0. The highest BCUT2D eigenvalue weighted by atomic mass is 16.5. The van der Waals surface area contributed by atoms with Gasteiger partial charge in [0.25, 0.3) is 6.47 Å². The smallest absolute Gasteiger partial charge is 0.293 e. The molecule has 0 N–H and O–H groups in total. The average molecular weight is 128 g/mol. The van der Waals surface area contributed by atoms with Gasteiger partial charge in [-0.25, -0.2) is 0 Å². The molecule has 1 aliphatic carbocycles. The van der Waals surface area contributed by atoms with Gasteiger partial charge in [0.1, 0.15) is 0 Å². The quantitative estimate of drug-likeness (QED) is 0.502. The van der Waals surface area contributed by atoms with E-state index in [1.54, 1.807) is 0 Å². The summed E-state index contributed by atoms with van der Waals surface area (Å²) >= 11 is 0. The van der Waals surface area contributed by atoms with Crippen molar-refractivity contribution >= 4 is 12.3 Å². The van der Waals surface area contributed by atoms with Gasteiger partial charge in [-0.2, -0.15) is 0 Å². The lowest BCUT2D eigenvalue weighted by atomic mass is 10.3. The Labute approximate surface area is 53.0 Å². The molecule has 1 fully saturated rings. The van der Waals surface area contributed by atoms with E-state index in [0.717, 1.165) is 6.42 Å². The van der Waals surface area contributed by atoms with Crippen LogP contribution in [0.4, 0.5) is 0 Å². The van der Waals surface area contributed by atoms with Gasteiger partial charge in [0.05, 0.1) is 0 Å². The molecule has 0 spiro atoms. The highest BCUT2D eigenvalue weighted by Crippen LogP contribution is 2.16. The van der Waals surface area contributed by atoms with Gasteiger partial charge in [0.15, 0.2) is 11.9 Å². The molecule has 1 unspecified atom stereocenters. The van der Waals surface area contributed by atoms with Crippen molar-refractivity contribution in [2.24, 2.45) is 0 Å². The standard InChI is InChI=1S/C6H8O3/c7-4-9-6-3-1-2-5(6)8/h4,6H,1-3H2. The lowest BCUT2D eigenvalue weighted by Gasteiger charge is -2.01. The number of ketones is 1. The fourth-order valence-electron chi connectivity index (χ4n) is 0.995. The largest absolute Gasteiger partial charge is 0.457 e. The summed E-state index contributed by atoms with van der Waals surface area (Å²) in [6.45, 7) is 0.341. The molecule has 0 bridgehead atoms. The van der Waals surface area contributed by atoms with Crippen LogP contribution in [0.5, 0.6) is 0 Å². The van der Waals surface area contributed by atoms with Gasteiger partial charge in [0, 0.05) is 6.42 Å². The van der Waals surface area contributed by atoms with Crippen molar-refractivity contribution in [3.63, 3.8) is 0 Å². The summed E-state index contributed by atoms with van der Waals surface area (Å²) in [5.74, 6) is 0.0575. The van der Waals surface area contributed by atoms with Crippen LogP contribution in [0.3, 0.4) is 0 Å². The molecular weight excluding hydrogens is 120 g/mol. The van der Waals surface area contributed by atoms with Crippen LogP contribution in [0.2, 0.25) is 0 Å². The van der Waals surface area contributed by atoms with E-state index in [1.165, 1.54) is 0 Å². The summed E-state index contributed by atoms with van der Waals surface area (Å²) in [4.78, 5) is 20.4. The molecule has 0 aromatic carbocycles. The maximum absolute atomic E-state index is 10.7. The Kier molecular flexibility index (Phi) is 1.82. The number of hydrogen-bond donors (Lipinski definition) is 0. The maximum Gasteiger partial charge on any atom is 0.293 e. The van der Waals surface area contributed by atoms with E-state index in [2.05, 4.69) is 4.74 Å². The lowest BCUT2D eigenvalue weighted by Crippen LogP contribution is -2.16. The molecule has 0 heterocycles. The molecule has 0 amide bonds. The van der Waals surface area contributed by atoms with E-state index in [-0.39, 0.29) is 5.78 Å². The first-order valence-electron chi connectivity index (χ1n) is 2.96. The third-order valence-electron chi connectivity index (χ3n) is 1.47. The van der Waals surface area contributed by atoms with Crippen molar-refractivity contribution in [3.05, 3.63) is 0 Å². The monoisotopic (exact) mass is 128 g/mol. The minimum Gasteiger partial charge on any atom is -0.457 e. The van der Waals surface area contributed by atoms with Gasteiger partial charge in [-0.15, -0.1) is 0 Å². The predicted molar refractivity (Wildman–Crippen MR) is 29.8 cm³/mol. The highest BCUT2D eigenvalue weighted by molar-refractivity contribution is 5.85. The molecule has 0 aliphatic heterocycles. The van der Waals surface area contributed by atoms with E-state index in [1.807, 2.05) is 0 Å². The third kappa shape index (κ3) is 1.28. The first-order chi connectivity index (χ1) is 4.34. The number of ether oxygens (including phenoxy) is 1. The van der Waals surface area contributed by atoms with Crippen LogP contribution in [0.1, 0.15) is 19.3 Å². The molecule has 50 valence electrons. The SMILES string of the molecule is O=COC1CCCC1=O. The Hall–Kier alpha value is -0.860. The summed E-state index contributed by atoms with van der Waals surface area (Å²) in [7, 11) is 0. The van der Waals surface area contributed by atoms with Crippen LogP contribution < -0.4 is 0 Å². The molecule has 3 heteroatoms. The lowest BCUT2D eigenvalue weighted by molar-refractivity contribution is -0.141. The Morgan fingerprint density at radius 3 is 2.89 bits per heavy atom. The highest BCUT2D eigenvalue weighted by Gasteiger charge is 2.24. The van der Waals surface area contributed by atoms with Crippen LogP contribution in [0, 0.1) is 0 Å². The number of hydrogen-bond acceptors (Lipinski definition) is 3. The third-order valence-corrected chi connectivity index (χ3v) is 1.47. The van der Waals surface area contributed by atoms with Crippen LogP contribution in [0.15, 0.2) is 0 Å². The van der Waals surface area contributed by atoms with Gasteiger partial charge in [-0.05, 0) is 12.8 Å². The van der Waals surface area contributed by atoms with Crippen molar-refractivity contribution in [1.29, 1.82) is 0 Å². The predicted octanol–water partition coefficient (Wildman–Crippen LogP) is 0.281. The Morgan fingerprint density at radius 1 is 1.67 bits per heavy atom. The van der Waals surface area contributed by atoms with Gasteiger partial charge < -0.3 is 4.74 Å². The molecule has 1 aliphatic rings. The number of Topliss-reactive ketones (excluding diaryl/α,β-unsaturated/α-hetero) is 1. The number of rotatable bonds is 2. The zero-order chi connectivity index (χ0) is 6.69. The zero-order valence-corrected chi connectivity index (χ0v) is 5.00. The Bertz CT molecular complexity index is 130. The Morgan fingerprint density at radius 2 is 2.44 bits per heavy atom. The van der Waals surface area contributed by atoms with Gasteiger partial charge in [-0.1, -0.05) is 0 Å². The fourth-order valence-corrected chi connectivity index (χ4v) is 0.995. The summed E-state index contributed by atoms with van der Waals surface area (Å²) in [6, 6.07) is 0. The number of carbonyl (C=O) groups excluding carboxylic acids is 2. The first kappa shape index (κ1) is 6.26. The minimum atomic E-state index is -0.428. The Balaban J connectivity index is 2.39. The van der Waals surface area contributed by atoms with E-state index >= 15 is 0 Å². The molecule has 1 rings (SSSR count). The molecule has 0 aromatic heterocycles. The van der Waals surface area contributed by atoms with Crippen molar-refractivity contribution in [2.45, 2.75) is 25.4 Å². The van der Waals surface area contributed by atoms with Crippen LogP contribution in [-0.4, -0.2) is 18.4 Å². The maximum atomic E-state index is 10.7. The molecule has 9 heavy (non-hydrogen) atoms. The van der Waals surface area contributed by atoms with Gasteiger partial charge >= 0.3 is 0 Å². The van der Waals surface area contributed by atoms with Crippen molar-refractivity contribution < 1.29 is 14.3 Å². The van der Waals surface area contributed by atoms with E-state index < -0.39 is 6.10 Å². The van der Waals surface area contributed by atoms with Crippen LogP contribution in [-0.2, 0) is 14.3 Å². The van der Waals surface area contributed by atoms with Crippen LogP contribution >= 0.6 is 0 Å². The summed E-state index contributed by atoms with van der Waals surface area (Å²) < 4.78 is 4.48. The molecule has 0 radical (unpaired) electrons. The summed E-state index contributed by atoms with van der Waals surface area (Å²) in [6.07, 6.45) is 1.70. The number of carbonyl (C=O) groups is 2. The minimum absolute atomic E-state index is 0.0575. The van der Waals surface area contributed by atoms with E-state index in [4.69, 9.17) is 0 Å². The second-order valence-electron chi connectivity index (χ2n) is 2.08. The second-order valence-corrected chi connectivity index (χ2v) is 2.08. The average Bonchev–Trinajstić information content (AvgIpc) is 2.18. The van der Waals surface area contributed by atoms with Crippen molar-refractivity contribution in [2.75, 3.05) is 0 Å². The molecule has 0 saturated heterocycles. The van der Waals surface area contributed by atoms with E-state index in [0.29, 0.717) is 19.3 Å². The van der Waals surface area contributed by atoms with Gasteiger partial charge in [0.2, 0.25) is 0 Å². The van der Waals surface area contributed by atoms with Gasteiger partial charge in [-0.3, -0.25) is 9.59 Å². The van der Waals surface area contributed by atoms with Crippen LogP contribution in [0.25, 0.3) is 0 Å². The molecule has 1 saturated carbocycles. The molecule has 3 nitrogen and oxygen atoms in total. The van der Waals surface area contributed by atoms with Crippen molar-refractivity contribution in [1.82, 2.24) is 0 Å². The first-order valence-corrected chi connectivity index (χ1v) is 2.96. The molecule has 1 atom stereocenters. The fraction of sp³-hybridized carbons (Fsp3) is 0.667. The second kappa shape index (κ2) is 2.62. The van der Waals surface area contributed by atoms with E-state index in [9.17, 15) is 9.59 Å². The molecule has 0 aromatic rings.